The van der Waals surface area contributed by atoms with Gasteiger partial charge in [0.15, 0.2) is 0 Å². The lowest BCUT2D eigenvalue weighted by Gasteiger charge is -2.15. The molecule has 21 heavy (non-hydrogen) atoms. The van der Waals surface area contributed by atoms with Crippen LogP contribution in [0.15, 0.2) is 24.3 Å². The highest BCUT2D eigenvalue weighted by atomic mass is 16.6. The van der Waals surface area contributed by atoms with Crippen LogP contribution in [0.2, 0.25) is 0 Å². The minimum absolute atomic E-state index is 0.0105. The smallest absolute Gasteiger partial charge is 0.124 e. The van der Waals surface area contributed by atoms with Crippen molar-refractivity contribution in [3.63, 3.8) is 0 Å². The van der Waals surface area contributed by atoms with Crippen molar-refractivity contribution in [2.75, 3.05) is 46.8 Å². The molecule has 1 aromatic carbocycles. The fourth-order valence-electron chi connectivity index (χ4n) is 1.81. The molecule has 0 unspecified atom stereocenters. The van der Waals surface area contributed by atoms with E-state index in [1.807, 2.05) is 24.3 Å². The van der Waals surface area contributed by atoms with Gasteiger partial charge in [0, 0.05) is 18.7 Å². The maximum absolute atomic E-state index is 6.07. The summed E-state index contributed by atoms with van der Waals surface area (Å²) in [5, 5.41) is 0. The lowest BCUT2D eigenvalue weighted by atomic mass is 10.0. The second-order valence-electron chi connectivity index (χ2n) is 4.62. The third-order valence-electron chi connectivity index (χ3n) is 3.05. The molecule has 0 saturated carbocycles. The van der Waals surface area contributed by atoms with Crippen molar-refractivity contribution >= 4 is 0 Å². The first-order chi connectivity index (χ1) is 10.3. The van der Waals surface area contributed by atoms with Gasteiger partial charge in [-0.15, -0.1) is 0 Å². The molecule has 0 spiro atoms. The van der Waals surface area contributed by atoms with Crippen molar-refractivity contribution in [1.82, 2.24) is 0 Å². The van der Waals surface area contributed by atoms with E-state index in [9.17, 15) is 0 Å². The Kier molecular flexibility index (Phi) is 9.82. The van der Waals surface area contributed by atoms with Gasteiger partial charge in [-0.05, 0) is 12.5 Å². The van der Waals surface area contributed by atoms with Crippen LogP contribution in [0.1, 0.15) is 24.9 Å². The summed E-state index contributed by atoms with van der Waals surface area (Å²) in [6.07, 6.45) is 0.885. The van der Waals surface area contributed by atoms with Crippen LogP contribution >= 0.6 is 0 Å². The van der Waals surface area contributed by atoms with E-state index in [2.05, 4.69) is 6.92 Å². The summed E-state index contributed by atoms with van der Waals surface area (Å²) in [6.45, 7) is 5.43. The minimum atomic E-state index is 0.0105. The molecule has 0 saturated heterocycles. The third-order valence-corrected chi connectivity index (χ3v) is 3.05. The van der Waals surface area contributed by atoms with Gasteiger partial charge in [0.05, 0.1) is 33.0 Å². The summed E-state index contributed by atoms with van der Waals surface area (Å²) in [7, 11) is 1.65. The van der Waals surface area contributed by atoms with E-state index in [4.69, 9.17) is 24.7 Å². The van der Waals surface area contributed by atoms with Gasteiger partial charge >= 0.3 is 0 Å². The maximum Gasteiger partial charge on any atom is 0.124 e. The van der Waals surface area contributed by atoms with Gasteiger partial charge in [0.25, 0.3) is 0 Å². The summed E-state index contributed by atoms with van der Waals surface area (Å²) >= 11 is 0. The number of methoxy groups -OCH3 is 1. The van der Waals surface area contributed by atoms with Gasteiger partial charge in [0.1, 0.15) is 12.4 Å². The maximum atomic E-state index is 6.07. The van der Waals surface area contributed by atoms with Crippen molar-refractivity contribution in [3.8, 4) is 5.75 Å². The highest BCUT2D eigenvalue weighted by Crippen LogP contribution is 2.25. The predicted molar refractivity (Wildman–Crippen MR) is 82.7 cm³/mol. The van der Waals surface area contributed by atoms with Crippen LogP contribution in [0.25, 0.3) is 0 Å². The molecule has 1 aromatic rings. The second-order valence-corrected chi connectivity index (χ2v) is 4.62. The van der Waals surface area contributed by atoms with Crippen LogP contribution in [0, 0.1) is 0 Å². The van der Waals surface area contributed by atoms with E-state index in [1.54, 1.807) is 7.11 Å². The zero-order valence-electron chi connectivity index (χ0n) is 13.0. The molecular formula is C16H27NO4. The van der Waals surface area contributed by atoms with Crippen LogP contribution in [-0.4, -0.2) is 46.8 Å². The first-order valence-electron chi connectivity index (χ1n) is 7.41. The normalized spacial score (nSPS) is 12.3. The monoisotopic (exact) mass is 297 g/mol. The highest BCUT2D eigenvalue weighted by molar-refractivity contribution is 5.35. The molecule has 0 heterocycles. The summed E-state index contributed by atoms with van der Waals surface area (Å²) in [5.41, 5.74) is 7.11. The fraction of sp³-hybridized carbons (Fsp3) is 0.625. The van der Waals surface area contributed by atoms with Crippen LogP contribution < -0.4 is 10.5 Å². The number of hydrogen-bond acceptors (Lipinski definition) is 5. The molecule has 0 aliphatic carbocycles. The average Bonchev–Trinajstić information content (AvgIpc) is 2.53. The van der Waals surface area contributed by atoms with Crippen molar-refractivity contribution < 1.29 is 18.9 Å². The summed E-state index contributed by atoms with van der Waals surface area (Å²) in [6, 6.07) is 7.89. The Morgan fingerprint density at radius 2 is 1.57 bits per heavy atom. The second kappa shape index (κ2) is 11.5. The minimum Gasteiger partial charge on any atom is -0.491 e. The Labute approximate surface area is 127 Å². The molecular weight excluding hydrogens is 270 g/mol. The van der Waals surface area contributed by atoms with E-state index >= 15 is 0 Å². The Balaban J connectivity index is 2.15. The average molecular weight is 297 g/mol. The SMILES string of the molecule is CC[C@H](N)c1ccccc1OCCOCCOCCOC. The van der Waals surface area contributed by atoms with Gasteiger partial charge < -0.3 is 24.7 Å². The molecule has 0 radical (unpaired) electrons. The van der Waals surface area contributed by atoms with Gasteiger partial charge in [-0.25, -0.2) is 0 Å². The van der Waals surface area contributed by atoms with Crippen LogP contribution in [0.5, 0.6) is 5.75 Å². The quantitative estimate of drug-likeness (QED) is 0.599. The Morgan fingerprint density at radius 3 is 2.24 bits per heavy atom. The van der Waals surface area contributed by atoms with E-state index in [0.717, 1.165) is 17.7 Å². The molecule has 0 fully saturated rings. The van der Waals surface area contributed by atoms with Crippen molar-refractivity contribution in [2.24, 2.45) is 5.73 Å². The summed E-state index contributed by atoms with van der Waals surface area (Å²) < 4.78 is 21.4. The van der Waals surface area contributed by atoms with E-state index in [-0.39, 0.29) is 6.04 Å². The molecule has 0 aromatic heterocycles. The molecule has 1 rings (SSSR count). The molecule has 120 valence electrons. The summed E-state index contributed by atoms with van der Waals surface area (Å²) in [5.74, 6) is 0.840. The molecule has 0 amide bonds. The van der Waals surface area contributed by atoms with Crippen LogP contribution in [0.3, 0.4) is 0 Å². The van der Waals surface area contributed by atoms with Gasteiger partial charge in [0.2, 0.25) is 0 Å². The van der Waals surface area contributed by atoms with Gasteiger partial charge in [-0.2, -0.15) is 0 Å². The molecule has 5 heteroatoms. The molecule has 0 bridgehead atoms. The molecule has 0 aliphatic heterocycles. The van der Waals surface area contributed by atoms with Crippen LogP contribution in [-0.2, 0) is 14.2 Å². The topological polar surface area (TPSA) is 62.9 Å². The van der Waals surface area contributed by atoms with Gasteiger partial charge in [-0.1, -0.05) is 25.1 Å². The van der Waals surface area contributed by atoms with Crippen molar-refractivity contribution in [3.05, 3.63) is 29.8 Å². The molecule has 5 nitrogen and oxygen atoms in total. The highest BCUT2D eigenvalue weighted by Gasteiger charge is 2.09. The first kappa shape index (κ1) is 17.9. The zero-order chi connectivity index (χ0) is 15.3. The molecule has 1 atom stereocenters. The summed E-state index contributed by atoms with van der Waals surface area (Å²) in [4.78, 5) is 0. The third kappa shape index (κ3) is 7.43. The molecule has 0 aliphatic rings. The Bertz CT molecular complexity index is 373. The number of para-hydroxylation sites is 1. The fourth-order valence-corrected chi connectivity index (χ4v) is 1.81. The van der Waals surface area contributed by atoms with Crippen LogP contribution in [0.4, 0.5) is 0 Å². The number of rotatable bonds is 12. The van der Waals surface area contributed by atoms with Gasteiger partial charge in [-0.3, -0.25) is 0 Å². The van der Waals surface area contributed by atoms with Crippen molar-refractivity contribution in [2.45, 2.75) is 19.4 Å². The van der Waals surface area contributed by atoms with E-state index in [1.165, 1.54) is 0 Å². The standard InChI is InChI=1S/C16H27NO4/c1-3-15(17)14-6-4-5-7-16(14)21-13-12-20-11-10-19-9-8-18-2/h4-7,15H,3,8-13,17H2,1-2H3/t15-/m0/s1. The first-order valence-corrected chi connectivity index (χ1v) is 7.41. The Hall–Kier alpha value is -1.14. The van der Waals surface area contributed by atoms with E-state index in [0.29, 0.717) is 39.6 Å². The predicted octanol–water partition coefficient (Wildman–Crippen LogP) is 2.15. The molecule has 2 N–H and O–H groups in total. The largest absolute Gasteiger partial charge is 0.491 e. The Morgan fingerprint density at radius 1 is 0.952 bits per heavy atom. The number of ether oxygens (including phenoxy) is 4. The number of benzene rings is 1. The lowest BCUT2D eigenvalue weighted by molar-refractivity contribution is 0.0179. The zero-order valence-corrected chi connectivity index (χ0v) is 13.0. The van der Waals surface area contributed by atoms with Crippen molar-refractivity contribution in [1.29, 1.82) is 0 Å². The number of nitrogens with two attached hydrogens (primary N) is 1. The number of hydrogen-bond donors (Lipinski definition) is 1. The lowest BCUT2D eigenvalue weighted by Crippen LogP contribution is -2.14. The van der Waals surface area contributed by atoms with E-state index < -0.39 is 0 Å².